The van der Waals surface area contributed by atoms with Gasteiger partial charge in [-0.1, -0.05) is 27.2 Å². The lowest BCUT2D eigenvalue weighted by Crippen LogP contribution is -2.54. The van der Waals surface area contributed by atoms with Crippen molar-refractivity contribution >= 4 is 5.91 Å². The van der Waals surface area contributed by atoms with Crippen molar-refractivity contribution in [3.8, 4) is 0 Å². The average molecular weight is 256 g/mol. The maximum absolute atomic E-state index is 12.5. The zero-order chi connectivity index (χ0) is 13.6. The predicted octanol–water partition coefficient (Wildman–Crippen LogP) is 1.29. The van der Waals surface area contributed by atoms with E-state index in [0.717, 1.165) is 38.8 Å². The van der Waals surface area contributed by atoms with E-state index in [1.165, 1.54) is 0 Å². The molecule has 0 aromatic heterocycles. The minimum atomic E-state index is -0.269. The molecule has 1 rings (SSSR count). The first-order valence-electron chi connectivity index (χ1n) is 7.18. The van der Waals surface area contributed by atoms with Crippen molar-refractivity contribution in [2.75, 3.05) is 19.7 Å². The van der Waals surface area contributed by atoms with Crippen LogP contribution >= 0.6 is 0 Å². The third-order valence-corrected chi connectivity index (χ3v) is 4.00. The number of piperidine rings is 1. The summed E-state index contributed by atoms with van der Waals surface area (Å²) in [7, 11) is 0. The Hall–Kier alpha value is -0.610. The first-order valence-corrected chi connectivity index (χ1v) is 7.18. The molecule has 3 N–H and O–H groups in total. The Morgan fingerprint density at radius 3 is 2.67 bits per heavy atom. The third kappa shape index (κ3) is 3.69. The molecule has 2 unspecified atom stereocenters. The summed E-state index contributed by atoms with van der Waals surface area (Å²) in [4.78, 5) is 12.5. The number of hydrogen-bond donors (Lipinski definition) is 3. The second-order valence-electron chi connectivity index (χ2n) is 5.82. The van der Waals surface area contributed by atoms with E-state index < -0.39 is 0 Å². The maximum atomic E-state index is 12.5. The highest BCUT2D eigenvalue weighted by atomic mass is 16.3. The fourth-order valence-electron chi connectivity index (χ4n) is 2.71. The molecule has 4 heteroatoms. The fourth-order valence-corrected chi connectivity index (χ4v) is 2.71. The third-order valence-electron chi connectivity index (χ3n) is 4.00. The second kappa shape index (κ2) is 7.10. The first kappa shape index (κ1) is 15.4. The summed E-state index contributed by atoms with van der Waals surface area (Å²) in [5.41, 5.74) is -0.269. The van der Waals surface area contributed by atoms with Crippen LogP contribution in [-0.2, 0) is 4.79 Å². The zero-order valence-electron chi connectivity index (χ0n) is 12.0. The normalized spacial score (nSPS) is 26.1. The Kier molecular flexibility index (Phi) is 6.09. The van der Waals surface area contributed by atoms with Gasteiger partial charge in [-0.05, 0) is 31.7 Å². The Morgan fingerprint density at radius 2 is 2.22 bits per heavy atom. The number of carbonyl (C=O) groups excluding carboxylic acids is 1. The number of aliphatic hydroxyl groups excluding tert-OH is 1. The van der Waals surface area contributed by atoms with Crippen LogP contribution in [0.15, 0.2) is 0 Å². The van der Waals surface area contributed by atoms with E-state index in [0.29, 0.717) is 0 Å². The van der Waals surface area contributed by atoms with Gasteiger partial charge in [-0.25, -0.2) is 0 Å². The largest absolute Gasteiger partial charge is 0.394 e. The van der Waals surface area contributed by atoms with E-state index in [4.69, 9.17) is 0 Å². The lowest BCUT2D eigenvalue weighted by Gasteiger charge is -2.37. The molecule has 0 aromatic rings. The number of carbonyl (C=O) groups is 1. The summed E-state index contributed by atoms with van der Waals surface area (Å²) in [6.45, 7) is 7.95. The number of rotatable bonds is 6. The summed E-state index contributed by atoms with van der Waals surface area (Å²) in [5, 5.41) is 15.7. The van der Waals surface area contributed by atoms with E-state index in [-0.39, 0.29) is 29.9 Å². The quantitative estimate of drug-likeness (QED) is 0.671. The predicted molar refractivity (Wildman–Crippen MR) is 73.3 cm³/mol. The van der Waals surface area contributed by atoms with Crippen LogP contribution in [0.3, 0.4) is 0 Å². The molecule has 106 valence electrons. The molecule has 4 nitrogen and oxygen atoms in total. The molecule has 1 aliphatic rings. The van der Waals surface area contributed by atoms with Crippen LogP contribution < -0.4 is 10.6 Å². The molecule has 0 radical (unpaired) electrons. The van der Waals surface area contributed by atoms with Crippen molar-refractivity contribution in [1.82, 2.24) is 10.6 Å². The van der Waals surface area contributed by atoms with E-state index >= 15 is 0 Å². The minimum absolute atomic E-state index is 0.0129. The van der Waals surface area contributed by atoms with Crippen LogP contribution in [0.1, 0.15) is 46.5 Å². The smallest absolute Gasteiger partial charge is 0.227 e. The second-order valence-corrected chi connectivity index (χ2v) is 5.82. The molecule has 1 saturated heterocycles. The lowest BCUT2D eigenvalue weighted by molar-refractivity contribution is -0.134. The molecule has 2 atom stereocenters. The van der Waals surface area contributed by atoms with E-state index in [9.17, 15) is 9.90 Å². The summed E-state index contributed by atoms with van der Waals surface area (Å²) >= 11 is 0. The van der Waals surface area contributed by atoms with Crippen LogP contribution in [0.25, 0.3) is 0 Å². The van der Waals surface area contributed by atoms with Crippen molar-refractivity contribution in [2.24, 2.45) is 11.3 Å². The molecule has 1 heterocycles. The molecule has 1 amide bonds. The highest BCUT2D eigenvalue weighted by molar-refractivity contribution is 5.83. The van der Waals surface area contributed by atoms with Crippen molar-refractivity contribution in [2.45, 2.75) is 52.5 Å². The summed E-state index contributed by atoms with van der Waals surface area (Å²) in [5.74, 6) is 0.374. The van der Waals surface area contributed by atoms with Crippen LogP contribution in [0, 0.1) is 11.3 Å². The highest BCUT2D eigenvalue weighted by Crippen LogP contribution is 2.32. The first-order chi connectivity index (χ1) is 8.55. The number of hydrogen-bond acceptors (Lipinski definition) is 3. The van der Waals surface area contributed by atoms with Gasteiger partial charge in [0.15, 0.2) is 0 Å². The molecule has 0 aromatic carbocycles. The van der Waals surface area contributed by atoms with Gasteiger partial charge in [0.1, 0.15) is 0 Å². The summed E-state index contributed by atoms with van der Waals surface area (Å²) < 4.78 is 0. The molecule has 0 saturated carbocycles. The van der Waals surface area contributed by atoms with Crippen molar-refractivity contribution in [3.05, 3.63) is 0 Å². The van der Waals surface area contributed by atoms with Crippen LogP contribution in [0.5, 0.6) is 0 Å². The van der Waals surface area contributed by atoms with Crippen molar-refractivity contribution in [1.29, 1.82) is 0 Å². The molecule has 0 aliphatic carbocycles. The molecule has 1 fully saturated rings. The van der Waals surface area contributed by atoms with Gasteiger partial charge in [-0.2, -0.15) is 0 Å². The van der Waals surface area contributed by atoms with Crippen LogP contribution in [0.2, 0.25) is 0 Å². The van der Waals surface area contributed by atoms with Crippen molar-refractivity contribution < 1.29 is 9.90 Å². The SMILES string of the molecule is CCCC1(C(=O)NC(CO)C(C)C)CCCNC1. The van der Waals surface area contributed by atoms with Gasteiger partial charge in [0.25, 0.3) is 0 Å². The van der Waals surface area contributed by atoms with E-state index in [1.54, 1.807) is 0 Å². The zero-order valence-corrected chi connectivity index (χ0v) is 12.0. The van der Waals surface area contributed by atoms with Crippen LogP contribution in [0.4, 0.5) is 0 Å². The van der Waals surface area contributed by atoms with Gasteiger partial charge in [-0.3, -0.25) is 4.79 Å². The standard InChI is InChI=1S/C14H28N2O2/c1-4-6-14(7-5-8-15-10-14)13(18)16-12(9-17)11(2)3/h11-12,15,17H,4-10H2,1-3H3,(H,16,18). The Labute approximate surface area is 111 Å². The van der Waals surface area contributed by atoms with Gasteiger partial charge < -0.3 is 15.7 Å². The van der Waals surface area contributed by atoms with Gasteiger partial charge in [-0.15, -0.1) is 0 Å². The topological polar surface area (TPSA) is 61.4 Å². The van der Waals surface area contributed by atoms with Gasteiger partial charge in [0.2, 0.25) is 5.91 Å². The minimum Gasteiger partial charge on any atom is -0.394 e. The Balaban J connectivity index is 2.70. The monoisotopic (exact) mass is 256 g/mol. The Morgan fingerprint density at radius 1 is 1.50 bits per heavy atom. The average Bonchev–Trinajstić information content (AvgIpc) is 2.36. The van der Waals surface area contributed by atoms with Gasteiger partial charge in [0.05, 0.1) is 18.1 Å². The molecule has 1 aliphatic heterocycles. The number of nitrogens with one attached hydrogen (secondary N) is 2. The van der Waals surface area contributed by atoms with E-state index in [1.807, 2.05) is 13.8 Å². The van der Waals surface area contributed by atoms with E-state index in [2.05, 4.69) is 17.6 Å². The molecular weight excluding hydrogens is 228 g/mol. The summed E-state index contributed by atoms with van der Waals surface area (Å²) in [6.07, 6.45) is 3.94. The fraction of sp³-hybridized carbons (Fsp3) is 0.929. The lowest BCUT2D eigenvalue weighted by atomic mass is 9.76. The molecular formula is C14H28N2O2. The number of amides is 1. The van der Waals surface area contributed by atoms with Crippen molar-refractivity contribution in [3.63, 3.8) is 0 Å². The molecule has 0 spiro atoms. The maximum Gasteiger partial charge on any atom is 0.227 e. The molecule has 0 bridgehead atoms. The number of aliphatic hydroxyl groups is 1. The van der Waals surface area contributed by atoms with Gasteiger partial charge in [0, 0.05) is 6.54 Å². The Bertz CT molecular complexity index is 255. The summed E-state index contributed by atoms with van der Waals surface area (Å²) in [6, 6.07) is -0.131. The highest BCUT2D eigenvalue weighted by Gasteiger charge is 2.39. The van der Waals surface area contributed by atoms with Crippen LogP contribution in [-0.4, -0.2) is 36.8 Å². The van der Waals surface area contributed by atoms with Gasteiger partial charge >= 0.3 is 0 Å². The molecule has 18 heavy (non-hydrogen) atoms.